The first kappa shape index (κ1) is 27.1. The van der Waals surface area contributed by atoms with Crippen LogP contribution in [0.15, 0.2) is 46.9 Å². The number of hydrogen-bond donors (Lipinski definition) is 1. The summed E-state index contributed by atoms with van der Waals surface area (Å²) in [6.45, 7) is 3.02. The minimum absolute atomic E-state index is 0.0370. The van der Waals surface area contributed by atoms with Gasteiger partial charge in [0.05, 0.1) is 11.9 Å². The van der Waals surface area contributed by atoms with E-state index in [0.717, 1.165) is 46.3 Å². The van der Waals surface area contributed by atoms with Crippen molar-refractivity contribution >= 4 is 43.5 Å². The van der Waals surface area contributed by atoms with Gasteiger partial charge in [-0.1, -0.05) is 40.9 Å². The summed E-state index contributed by atoms with van der Waals surface area (Å²) >= 11 is 3.40. The quantitative estimate of drug-likeness (QED) is 0.493. The standard InChI is InChI=1S/C25H31BrFN3O4S/c1-17-14-22(12-13-23(17)26)30(35(3,33)34)16-24(31)29(15-19-8-10-20(27)11-9-19)18(2)25(32)28-21-6-4-5-7-21/h8-14,18,21H,4-7,15-16H2,1-3H3,(H,28,32)/t18-/m0/s1. The Balaban J connectivity index is 1.88. The van der Waals surface area contributed by atoms with E-state index in [0.29, 0.717) is 11.3 Å². The van der Waals surface area contributed by atoms with Crippen molar-refractivity contribution < 1.29 is 22.4 Å². The number of anilines is 1. The number of halogens is 2. The van der Waals surface area contributed by atoms with Gasteiger partial charge in [0.2, 0.25) is 21.8 Å². The highest BCUT2D eigenvalue weighted by Crippen LogP contribution is 2.25. The molecule has 3 rings (SSSR count). The molecule has 0 unspecified atom stereocenters. The van der Waals surface area contributed by atoms with Gasteiger partial charge in [0, 0.05) is 17.1 Å². The van der Waals surface area contributed by atoms with Crippen LogP contribution in [0.4, 0.5) is 10.1 Å². The molecule has 10 heteroatoms. The maximum absolute atomic E-state index is 13.5. The Morgan fingerprint density at radius 1 is 1.14 bits per heavy atom. The third-order valence-electron chi connectivity index (χ3n) is 6.24. The lowest BCUT2D eigenvalue weighted by molar-refractivity contribution is -0.139. The number of carbonyl (C=O) groups is 2. The van der Waals surface area contributed by atoms with E-state index in [1.807, 2.05) is 6.92 Å². The van der Waals surface area contributed by atoms with Gasteiger partial charge in [-0.15, -0.1) is 0 Å². The van der Waals surface area contributed by atoms with Crippen molar-refractivity contribution in [1.82, 2.24) is 10.2 Å². The number of carbonyl (C=O) groups excluding carboxylic acids is 2. The lowest BCUT2D eigenvalue weighted by Gasteiger charge is -2.32. The first-order valence-corrected chi connectivity index (χ1v) is 14.2. The highest BCUT2D eigenvalue weighted by molar-refractivity contribution is 9.10. The predicted octanol–water partition coefficient (Wildman–Crippen LogP) is 4.14. The molecule has 2 amide bonds. The fraction of sp³-hybridized carbons (Fsp3) is 0.440. The lowest BCUT2D eigenvalue weighted by Crippen LogP contribution is -2.52. The third kappa shape index (κ3) is 7.27. The molecular weight excluding hydrogens is 537 g/mol. The van der Waals surface area contributed by atoms with Gasteiger partial charge in [-0.25, -0.2) is 12.8 Å². The number of amides is 2. The number of nitrogens with one attached hydrogen (secondary N) is 1. The van der Waals surface area contributed by atoms with Crippen molar-refractivity contribution in [2.24, 2.45) is 0 Å². The van der Waals surface area contributed by atoms with Crippen molar-refractivity contribution in [3.63, 3.8) is 0 Å². The van der Waals surface area contributed by atoms with Crippen LogP contribution in [0.1, 0.15) is 43.7 Å². The first-order valence-electron chi connectivity index (χ1n) is 11.5. The van der Waals surface area contributed by atoms with Crippen LogP contribution >= 0.6 is 15.9 Å². The number of nitrogens with zero attached hydrogens (tertiary/aromatic N) is 2. The van der Waals surface area contributed by atoms with Crippen molar-refractivity contribution in [3.05, 3.63) is 63.9 Å². The molecule has 2 aromatic rings. The maximum atomic E-state index is 13.5. The summed E-state index contributed by atoms with van der Waals surface area (Å²) in [5.74, 6) is -1.24. The molecule has 0 aromatic heterocycles. The second kappa shape index (κ2) is 11.5. The van der Waals surface area contributed by atoms with E-state index in [2.05, 4.69) is 21.2 Å². The Hall–Kier alpha value is -2.46. The minimum Gasteiger partial charge on any atom is -0.352 e. The summed E-state index contributed by atoms with van der Waals surface area (Å²) in [6, 6.07) is 9.91. The molecule has 1 N–H and O–H groups in total. The second-order valence-electron chi connectivity index (χ2n) is 9.02. The van der Waals surface area contributed by atoms with Gasteiger partial charge in [0.15, 0.2) is 0 Å². The van der Waals surface area contributed by atoms with Crippen LogP contribution in [0, 0.1) is 12.7 Å². The topological polar surface area (TPSA) is 86.8 Å². The Bertz CT molecular complexity index is 1170. The summed E-state index contributed by atoms with van der Waals surface area (Å²) in [5, 5.41) is 3.01. The van der Waals surface area contributed by atoms with Crippen LogP contribution in [0.2, 0.25) is 0 Å². The number of sulfonamides is 1. The van der Waals surface area contributed by atoms with Crippen LogP contribution in [0.3, 0.4) is 0 Å². The van der Waals surface area contributed by atoms with Gasteiger partial charge in [-0.3, -0.25) is 13.9 Å². The molecule has 2 aromatic carbocycles. The van der Waals surface area contributed by atoms with Crippen molar-refractivity contribution in [1.29, 1.82) is 0 Å². The fourth-order valence-corrected chi connectivity index (χ4v) is 5.25. The molecule has 0 aliphatic heterocycles. The molecule has 1 fully saturated rings. The molecule has 35 heavy (non-hydrogen) atoms. The molecule has 0 radical (unpaired) electrons. The Kier molecular flexibility index (Phi) is 8.93. The molecule has 1 saturated carbocycles. The van der Waals surface area contributed by atoms with Gasteiger partial charge < -0.3 is 10.2 Å². The second-order valence-corrected chi connectivity index (χ2v) is 11.8. The van der Waals surface area contributed by atoms with Crippen LogP contribution in [0.25, 0.3) is 0 Å². The van der Waals surface area contributed by atoms with E-state index in [1.54, 1.807) is 37.3 Å². The monoisotopic (exact) mass is 567 g/mol. The van der Waals surface area contributed by atoms with E-state index in [9.17, 15) is 22.4 Å². The zero-order valence-corrected chi connectivity index (χ0v) is 22.5. The smallest absolute Gasteiger partial charge is 0.244 e. The number of hydrogen-bond acceptors (Lipinski definition) is 4. The lowest BCUT2D eigenvalue weighted by atomic mass is 10.1. The Morgan fingerprint density at radius 3 is 2.34 bits per heavy atom. The zero-order chi connectivity index (χ0) is 25.8. The third-order valence-corrected chi connectivity index (χ3v) is 8.27. The number of benzene rings is 2. The molecule has 0 bridgehead atoms. The molecular formula is C25H31BrFN3O4S. The van der Waals surface area contributed by atoms with Gasteiger partial charge in [0.1, 0.15) is 18.4 Å². The Morgan fingerprint density at radius 2 is 1.77 bits per heavy atom. The van der Waals surface area contributed by atoms with Gasteiger partial charge >= 0.3 is 0 Å². The fourth-order valence-electron chi connectivity index (χ4n) is 4.16. The van der Waals surface area contributed by atoms with E-state index in [4.69, 9.17) is 0 Å². The van der Waals surface area contributed by atoms with E-state index < -0.39 is 34.3 Å². The average Bonchev–Trinajstić information content (AvgIpc) is 3.30. The van der Waals surface area contributed by atoms with Crippen LogP contribution in [-0.4, -0.2) is 50.0 Å². The van der Waals surface area contributed by atoms with Crippen LogP contribution in [-0.2, 0) is 26.2 Å². The molecule has 1 aliphatic carbocycles. The molecule has 0 heterocycles. The highest BCUT2D eigenvalue weighted by atomic mass is 79.9. The average molecular weight is 569 g/mol. The van der Waals surface area contributed by atoms with E-state index in [-0.39, 0.29) is 18.5 Å². The largest absolute Gasteiger partial charge is 0.352 e. The summed E-state index contributed by atoms with van der Waals surface area (Å²) in [5.41, 5.74) is 1.80. The predicted molar refractivity (Wildman–Crippen MR) is 138 cm³/mol. The Labute approximate surface area is 214 Å². The zero-order valence-electron chi connectivity index (χ0n) is 20.1. The van der Waals surface area contributed by atoms with Gasteiger partial charge in [-0.05, 0) is 68.1 Å². The summed E-state index contributed by atoms with van der Waals surface area (Å²) in [6.07, 6.45) is 4.93. The van der Waals surface area contributed by atoms with Crippen molar-refractivity contribution in [2.75, 3.05) is 17.1 Å². The van der Waals surface area contributed by atoms with E-state index in [1.165, 1.54) is 17.0 Å². The van der Waals surface area contributed by atoms with Gasteiger partial charge in [0.25, 0.3) is 0 Å². The summed E-state index contributed by atoms with van der Waals surface area (Å²) in [7, 11) is -3.80. The maximum Gasteiger partial charge on any atom is 0.244 e. The molecule has 7 nitrogen and oxygen atoms in total. The first-order chi connectivity index (χ1) is 16.5. The van der Waals surface area contributed by atoms with Crippen molar-refractivity contribution in [2.45, 2.75) is 58.2 Å². The molecule has 0 saturated heterocycles. The molecule has 0 spiro atoms. The highest BCUT2D eigenvalue weighted by Gasteiger charge is 2.31. The van der Waals surface area contributed by atoms with Gasteiger partial charge in [-0.2, -0.15) is 0 Å². The minimum atomic E-state index is -3.80. The summed E-state index contributed by atoms with van der Waals surface area (Å²) in [4.78, 5) is 27.9. The van der Waals surface area contributed by atoms with Crippen LogP contribution in [0.5, 0.6) is 0 Å². The summed E-state index contributed by atoms with van der Waals surface area (Å²) < 4.78 is 40.6. The van der Waals surface area contributed by atoms with Crippen molar-refractivity contribution in [3.8, 4) is 0 Å². The normalized spacial score (nSPS) is 15.0. The number of rotatable bonds is 9. The van der Waals surface area contributed by atoms with E-state index >= 15 is 0 Å². The number of aryl methyl sites for hydroxylation is 1. The molecule has 190 valence electrons. The van der Waals surface area contributed by atoms with Crippen LogP contribution < -0.4 is 9.62 Å². The molecule has 1 atom stereocenters. The molecule has 1 aliphatic rings. The SMILES string of the molecule is Cc1cc(N(CC(=O)N(Cc2ccc(F)cc2)[C@@H](C)C(=O)NC2CCCC2)S(C)(=O)=O)ccc1Br.